The number of hydrogen-bond donors (Lipinski definition) is 5. The van der Waals surface area contributed by atoms with Gasteiger partial charge in [-0.05, 0) is 101 Å². The van der Waals surface area contributed by atoms with Crippen LogP contribution in [0, 0.1) is 6.92 Å². The second kappa shape index (κ2) is 17.2. The number of ether oxygens (including phenoxy) is 1. The van der Waals surface area contributed by atoms with Gasteiger partial charge < -0.3 is 30.9 Å². The second-order valence-electron chi connectivity index (χ2n) is 14.9. The van der Waals surface area contributed by atoms with E-state index in [-0.39, 0.29) is 28.7 Å². The first kappa shape index (κ1) is 40.3. The first-order valence-corrected chi connectivity index (χ1v) is 20.9. The molecule has 296 valence electrons. The predicted octanol–water partition coefficient (Wildman–Crippen LogP) is 6.41. The minimum atomic E-state index is -3.70. The van der Waals surface area contributed by atoms with Crippen molar-refractivity contribution in [3.8, 4) is 5.75 Å². The molecule has 0 radical (unpaired) electrons. The van der Waals surface area contributed by atoms with Gasteiger partial charge in [-0.1, -0.05) is 12.6 Å². The van der Waals surface area contributed by atoms with E-state index in [1.165, 1.54) is 11.3 Å². The van der Waals surface area contributed by atoms with Crippen LogP contribution >= 0.6 is 11.3 Å². The van der Waals surface area contributed by atoms with E-state index in [0.717, 1.165) is 41.0 Å². The van der Waals surface area contributed by atoms with E-state index in [9.17, 15) is 22.8 Å². The summed E-state index contributed by atoms with van der Waals surface area (Å²) < 4.78 is 34.3. The number of benzene rings is 2. The number of nitrogens with one attached hydrogen (secondary N) is 5. The lowest BCUT2D eigenvalue weighted by Crippen LogP contribution is -2.46. The molecule has 4 heterocycles. The van der Waals surface area contributed by atoms with Gasteiger partial charge >= 0.3 is 0 Å². The number of aryl methyl sites for hydroxylation is 1. The summed E-state index contributed by atoms with van der Waals surface area (Å²) in [5, 5.41) is 14.0. The highest BCUT2D eigenvalue weighted by atomic mass is 32.2. The fraction of sp³-hybridized carbons (Fsp3) is 0.375. The number of carbonyl (C=O) groups is 3. The molecule has 2 aromatic heterocycles. The molecule has 0 spiro atoms. The fourth-order valence-electron chi connectivity index (χ4n) is 6.44. The molecule has 1 unspecified atom stereocenters. The lowest BCUT2D eigenvalue weighted by molar-refractivity contribution is -0.122. The smallest absolute Gasteiger partial charge is 0.255 e. The third kappa shape index (κ3) is 10.3. The monoisotopic (exact) mass is 800 g/mol. The van der Waals surface area contributed by atoms with Crippen molar-refractivity contribution < 1.29 is 27.5 Å². The standard InChI is InChI=1S/C40H48N8O6S2/c1-25-21-42-39(46-37(25)44-28-10-9-11-30(20-28)56(52,53)47-40(3,4)5)45-27-13-15-29(16-14-27)54-19-8-6-7-12-35(49)41-22-34-31-23-48(38(51)32(31)24-55-34)33-17-18-36(50)43-26(33)2/h9-11,13-16,20-21,24,33,47H,2,6-8,12,17-19,22-23H2,1,3-5H3,(H,41,49)(H,43,50)(H2,42,44,45,46). The Hall–Kier alpha value is -5.32. The second-order valence-corrected chi connectivity index (χ2v) is 17.6. The number of nitrogens with zero attached hydrogens (tertiary/aromatic N) is 3. The average molecular weight is 801 g/mol. The highest BCUT2D eigenvalue weighted by Crippen LogP contribution is 2.35. The molecule has 16 heteroatoms. The Bertz CT molecular complexity index is 2220. The van der Waals surface area contributed by atoms with Gasteiger partial charge in [-0.15, -0.1) is 11.3 Å². The first-order valence-electron chi connectivity index (χ1n) is 18.6. The number of hydrogen-bond acceptors (Lipinski definition) is 11. The number of anilines is 4. The minimum Gasteiger partial charge on any atom is -0.494 e. The van der Waals surface area contributed by atoms with Crippen LogP contribution in [0.25, 0.3) is 0 Å². The third-order valence-electron chi connectivity index (χ3n) is 9.22. The molecule has 2 aliphatic heterocycles. The lowest BCUT2D eigenvalue weighted by atomic mass is 10.0. The molecule has 2 aliphatic rings. The summed E-state index contributed by atoms with van der Waals surface area (Å²) in [5.74, 6) is 1.46. The minimum absolute atomic E-state index is 0.0324. The molecule has 0 aliphatic carbocycles. The first-order chi connectivity index (χ1) is 26.6. The topological polar surface area (TPSA) is 184 Å². The van der Waals surface area contributed by atoms with Crippen LogP contribution in [0.15, 0.2) is 77.3 Å². The van der Waals surface area contributed by atoms with Crippen molar-refractivity contribution in [3.63, 3.8) is 0 Å². The predicted molar refractivity (Wildman–Crippen MR) is 217 cm³/mol. The number of fused-ring (bicyclic) bond motifs is 1. The maximum absolute atomic E-state index is 13.1. The summed E-state index contributed by atoms with van der Waals surface area (Å²) in [6, 6.07) is 13.8. The Morgan fingerprint density at radius 2 is 1.86 bits per heavy atom. The van der Waals surface area contributed by atoms with E-state index in [1.807, 2.05) is 36.6 Å². The van der Waals surface area contributed by atoms with Crippen molar-refractivity contribution in [1.29, 1.82) is 0 Å². The Morgan fingerprint density at radius 1 is 1.07 bits per heavy atom. The Labute approximate surface area is 331 Å². The zero-order valence-electron chi connectivity index (χ0n) is 32.0. The Morgan fingerprint density at radius 3 is 2.61 bits per heavy atom. The zero-order valence-corrected chi connectivity index (χ0v) is 33.7. The molecule has 56 heavy (non-hydrogen) atoms. The van der Waals surface area contributed by atoms with Crippen LogP contribution in [0.5, 0.6) is 5.75 Å². The van der Waals surface area contributed by atoms with Crippen molar-refractivity contribution in [2.24, 2.45) is 0 Å². The Balaban J connectivity index is 0.897. The van der Waals surface area contributed by atoms with Gasteiger partial charge in [0.05, 0.1) is 29.7 Å². The van der Waals surface area contributed by atoms with Crippen LogP contribution in [-0.2, 0) is 32.7 Å². The summed E-state index contributed by atoms with van der Waals surface area (Å²) in [7, 11) is -3.70. The van der Waals surface area contributed by atoms with Gasteiger partial charge in [-0.2, -0.15) is 4.98 Å². The van der Waals surface area contributed by atoms with Crippen LogP contribution in [0.3, 0.4) is 0 Å². The fourth-order valence-corrected chi connectivity index (χ4v) is 8.88. The van der Waals surface area contributed by atoms with Crippen LogP contribution in [0.2, 0.25) is 0 Å². The molecule has 6 rings (SSSR count). The van der Waals surface area contributed by atoms with Crippen LogP contribution < -0.4 is 30.7 Å². The lowest BCUT2D eigenvalue weighted by Gasteiger charge is -2.32. The molecule has 0 bridgehead atoms. The largest absolute Gasteiger partial charge is 0.494 e. The molecular weight excluding hydrogens is 753 g/mol. The number of piperidine rings is 1. The van der Waals surface area contributed by atoms with Gasteiger partial charge in [0.25, 0.3) is 5.91 Å². The summed E-state index contributed by atoms with van der Waals surface area (Å²) in [4.78, 5) is 49.2. The van der Waals surface area contributed by atoms with Gasteiger partial charge in [0.1, 0.15) is 11.6 Å². The van der Waals surface area contributed by atoms with E-state index < -0.39 is 15.6 Å². The Kier molecular flexibility index (Phi) is 12.4. The number of sulfonamides is 1. The van der Waals surface area contributed by atoms with Crippen LogP contribution in [0.4, 0.5) is 23.1 Å². The van der Waals surface area contributed by atoms with Gasteiger partial charge in [0.2, 0.25) is 27.8 Å². The van der Waals surface area contributed by atoms with E-state index in [4.69, 9.17) is 4.74 Å². The maximum atomic E-state index is 13.1. The highest BCUT2D eigenvalue weighted by molar-refractivity contribution is 7.89. The van der Waals surface area contributed by atoms with Crippen molar-refractivity contribution in [2.75, 3.05) is 17.2 Å². The summed E-state index contributed by atoms with van der Waals surface area (Å²) in [5.41, 5.74) is 3.68. The normalized spacial score (nSPS) is 15.7. The molecule has 14 nitrogen and oxygen atoms in total. The van der Waals surface area contributed by atoms with E-state index in [1.54, 1.807) is 56.1 Å². The van der Waals surface area contributed by atoms with Crippen molar-refractivity contribution >= 4 is 62.2 Å². The van der Waals surface area contributed by atoms with Gasteiger partial charge in [-0.25, -0.2) is 18.1 Å². The average Bonchev–Trinajstić information content (AvgIpc) is 3.69. The number of aromatic nitrogens is 2. The van der Waals surface area contributed by atoms with Crippen LogP contribution in [-0.4, -0.2) is 59.2 Å². The molecule has 1 saturated heterocycles. The number of thiophene rings is 1. The molecule has 0 saturated carbocycles. The number of carbonyl (C=O) groups excluding carboxylic acids is 3. The molecule has 3 amide bonds. The zero-order chi connectivity index (χ0) is 40.0. The number of amides is 3. The quantitative estimate of drug-likeness (QED) is 0.0794. The van der Waals surface area contributed by atoms with Crippen molar-refractivity contribution in [1.82, 2.24) is 30.2 Å². The third-order valence-corrected chi connectivity index (χ3v) is 12.0. The summed E-state index contributed by atoms with van der Waals surface area (Å²) in [6.45, 7) is 12.5. The molecule has 4 aromatic rings. The van der Waals surface area contributed by atoms with Crippen molar-refractivity contribution in [2.45, 2.75) is 95.8 Å². The number of rotatable bonds is 16. The summed E-state index contributed by atoms with van der Waals surface area (Å²) in [6.07, 6.45) is 5.38. The maximum Gasteiger partial charge on any atom is 0.255 e. The van der Waals surface area contributed by atoms with Gasteiger partial charge in [0.15, 0.2) is 0 Å². The van der Waals surface area contributed by atoms with E-state index in [2.05, 4.69) is 42.5 Å². The van der Waals surface area contributed by atoms with Gasteiger partial charge in [0, 0.05) is 64.0 Å². The van der Waals surface area contributed by atoms with Crippen molar-refractivity contribution in [3.05, 3.63) is 94.0 Å². The molecule has 1 atom stereocenters. The molecule has 1 fully saturated rings. The summed E-state index contributed by atoms with van der Waals surface area (Å²) >= 11 is 1.48. The van der Waals surface area contributed by atoms with E-state index >= 15 is 0 Å². The highest BCUT2D eigenvalue weighted by Gasteiger charge is 2.38. The number of unbranched alkanes of at least 4 members (excludes halogenated alkanes) is 2. The van der Waals surface area contributed by atoms with Crippen LogP contribution in [0.1, 0.15) is 85.7 Å². The molecule has 5 N–H and O–H groups in total. The molecular formula is C40H48N8O6S2. The van der Waals surface area contributed by atoms with Gasteiger partial charge in [-0.3, -0.25) is 14.4 Å². The van der Waals surface area contributed by atoms with E-state index in [0.29, 0.717) is 73.4 Å². The molecule has 2 aromatic carbocycles. The SMILES string of the molecule is C=C1NC(=O)CCC1N1Cc2c(csc2CNC(=O)CCCCCOc2ccc(Nc3ncc(C)c(Nc4cccc(S(=O)(=O)NC(C)(C)C)c4)n3)cc2)C1=O.